The second-order valence-corrected chi connectivity index (χ2v) is 6.14. The normalized spacial score (nSPS) is 9.54. The van der Waals surface area contributed by atoms with Gasteiger partial charge in [0, 0.05) is 25.0 Å². The number of benzene rings is 2. The lowest BCUT2D eigenvalue weighted by Gasteiger charge is -2.09. The van der Waals surface area contributed by atoms with E-state index in [4.69, 9.17) is 4.74 Å². The number of anilines is 3. The van der Waals surface area contributed by atoms with Crippen molar-refractivity contribution >= 4 is 39.4 Å². The number of hydrogen-bond donors (Lipinski definition) is 4. The van der Waals surface area contributed by atoms with Gasteiger partial charge in [-0.25, -0.2) is 9.78 Å². The predicted molar refractivity (Wildman–Crippen MR) is 112 cm³/mol. The van der Waals surface area contributed by atoms with Gasteiger partial charge in [0.05, 0.1) is 11.6 Å². The standard InChI is InChI=1S/C12H12BrN5O2.C7H8O/c1-14-12(20)18-10-9(13)6-15-11(17-10)16-7-3-2-4-8(19)5-7;1-8-7-5-3-2-4-6-7/h2-6,19H,1H3,(H3,14,15,16,17,18,20);2-6H,1H3. The number of aromatic nitrogens is 2. The molecule has 3 aromatic rings. The number of methoxy groups -OCH3 is 1. The van der Waals surface area contributed by atoms with Gasteiger partial charge in [-0.05, 0) is 40.2 Å². The van der Waals surface area contributed by atoms with Crippen LogP contribution in [0.25, 0.3) is 0 Å². The van der Waals surface area contributed by atoms with Gasteiger partial charge in [-0.2, -0.15) is 4.98 Å². The molecule has 0 aliphatic rings. The van der Waals surface area contributed by atoms with Gasteiger partial charge < -0.3 is 20.5 Å². The van der Waals surface area contributed by atoms with E-state index in [0.717, 1.165) is 5.75 Å². The second-order valence-electron chi connectivity index (χ2n) is 5.29. The number of nitrogens with one attached hydrogen (secondary N) is 3. The minimum absolute atomic E-state index is 0.135. The average Bonchev–Trinajstić information content (AvgIpc) is 2.71. The number of carbonyl (C=O) groups excluding carboxylic acids is 1. The molecule has 0 saturated carbocycles. The summed E-state index contributed by atoms with van der Waals surface area (Å²) in [4.78, 5) is 19.5. The van der Waals surface area contributed by atoms with Gasteiger partial charge in [0.1, 0.15) is 11.5 Å². The molecule has 0 bridgehead atoms. The quantitative estimate of drug-likeness (QED) is 0.480. The van der Waals surface area contributed by atoms with Crippen molar-refractivity contribution in [2.75, 3.05) is 24.8 Å². The van der Waals surface area contributed by atoms with Crippen LogP contribution in [0.3, 0.4) is 0 Å². The van der Waals surface area contributed by atoms with Crippen LogP contribution in [0.5, 0.6) is 11.5 Å². The first-order chi connectivity index (χ1) is 13.5. The van der Waals surface area contributed by atoms with Gasteiger partial charge in [-0.15, -0.1) is 0 Å². The van der Waals surface area contributed by atoms with E-state index in [0.29, 0.717) is 21.9 Å². The summed E-state index contributed by atoms with van der Waals surface area (Å²) >= 11 is 3.25. The molecular formula is C19H20BrN5O3. The van der Waals surface area contributed by atoms with E-state index < -0.39 is 0 Å². The van der Waals surface area contributed by atoms with Crippen molar-refractivity contribution in [3.8, 4) is 11.5 Å². The van der Waals surface area contributed by atoms with E-state index in [9.17, 15) is 9.90 Å². The van der Waals surface area contributed by atoms with Crippen LogP contribution < -0.4 is 20.7 Å². The smallest absolute Gasteiger partial charge is 0.320 e. The molecule has 0 aliphatic heterocycles. The number of para-hydroxylation sites is 1. The molecule has 0 radical (unpaired) electrons. The summed E-state index contributed by atoms with van der Waals surface area (Å²) in [5.74, 6) is 1.68. The van der Waals surface area contributed by atoms with Crippen LogP contribution in [0.4, 0.5) is 22.2 Å². The molecule has 4 N–H and O–H groups in total. The molecule has 2 aromatic carbocycles. The van der Waals surface area contributed by atoms with E-state index in [1.807, 2.05) is 30.3 Å². The van der Waals surface area contributed by atoms with Crippen LogP contribution in [0.2, 0.25) is 0 Å². The fraction of sp³-hybridized carbons (Fsp3) is 0.105. The number of nitrogens with zero attached hydrogens (tertiary/aromatic N) is 2. The molecule has 9 heteroatoms. The lowest BCUT2D eigenvalue weighted by Crippen LogP contribution is -2.25. The van der Waals surface area contributed by atoms with Gasteiger partial charge in [-0.3, -0.25) is 5.32 Å². The van der Waals surface area contributed by atoms with Crippen molar-refractivity contribution in [1.82, 2.24) is 15.3 Å². The molecule has 0 aliphatic carbocycles. The van der Waals surface area contributed by atoms with Crippen LogP contribution in [0.15, 0.2) is 65.3 Å². The average molecular weight is 446 g/mol. The number of urea groups is 1. The highest BCUT2D eigenvalue weighted by molar-refractivity contribution is 9.10. The zero-order valence-corrected chi connectivity index (χ0v) is 16.9. The van der Waals surface area contributed by atoms with E-state index in [-0.39, 0.29) is 11.8 Å². The SMILES string of the molecule is CNC(=O)Nc1nc(Nc2cccc(O)c2)ncc1Br.COc1ccccc1. The van der Waals surface area contributed by atoms with Gasteiger partial charge in [0.25, 0.3) is 0 Å². The third kappa shape index (κ3) is 6.76. The molecule has 1 aromatic heterocycles. The third-order valence-corrected chi connectivity index (χ3v) is 3.86. The van der Waals surface area contributed by atoms with Crippen molar-refractivity contribution in [1.29, 1.82) is 0 Å². The van der Waals surface area contributed by atoms with Crippen LogP contribution >= 0.6 is 15.9 Å². The largest absolute Gasteiger partial charge is 0.508 e. The fourth-order valence-corrected chi connectivity index (χ4v) is 2.24. The molecule has 2 amide bonds. The molecule has 3 rings (SSSR count). The summed E-state index contributed by atoms with van der Waals surface area (Å²) in [7, 11) is 3.17. The Bertz CT molecular complexity index is 909. The molecule has 28 heavy (non-hydrogen) atoms. The minimum Gasteiger partial charge on any atom is -0.508 e. The van der Waals surface area contributed by atoms with E-state index in [2.05, 4.69) is 41.8 Å². The monoisotopic (exact) mass is 445 g/mol. The number of hydrogen-bond acceptors (Lipinski definition) is 6. The third-order valence-electron chi connectivity index (χ3n) is 3.28. The number of phenols is 1. The number of ether oxygens (including phenoxy) is 1. The molecule has 0 atom stereocenters. The summed E-state index contributed by atoms with van der Waals surface area (Å²) in [6.45, 7) is 0. The van der Waals surface area contributed by atoms with Crippen LogP contribution in [0.1, 0.15) is 0 Å². The lowest BCUT2D eigenvalue weighted by molar-refractivity contribution is 0.254. The molecule has 0 fully saturated rings. The minimum atomic E-state index is -0.382. The summed E-state index contributed by atoms with van der Waals surface area (Å²) in [5.41, 5.74) is 0.637. The van der Waals surface area contributed by atoms with E-state index in [1.54, 1.807) is 25.3 Å². The highest BCUT2D eigenvalue weighted by Gasteiger charge is 2.08. The highest BCUT2D eigenvalue weighted by atomic mass is 79.9. The van der Waals surface area contributed by atoms with Crippen molar-refractivity contribution in [3.05, 3.63) is 65.3 Å². The van der Waals surface area contributed by atoms with Crippen molar-refractivity contribution in [3.63, 3.8) is 0 Å². The maximum absolute atomic E-state index is 11.3. The molecule has 8 nitrogen and oxygen atoms in total. The summed E-state index contributed by atoms with van der Waals surface area (Å²) in [5, 5.41) is 17.3. The van der Waals surface area contributed by atoms with Crippen LogP contribution in [-0.4, -0.2) is 35.3 Å². The summed E-state index contributed by atoms with van der Waals surface area (Å²) in [6.07, 6.45) is 1.52. The van der Waals surface area contributed by atoms with E-state index in [1.165, 1.54) is 19.3 Å². The maximum Gasteiger partial charge on any atom is 0.320 e. The number of phenolic OH excluding ortho intramolecular Hbond substituents is 1. The Morgan fingerprint density at radius 3 is 2.50 bits per heavy atom. The highest BCUT2D eigenvalue weighted by Crippen LogP contribution is 2.23. The molecule has 146 valence electrons. The van der Waals surface area contributed by atoms with Crippen LogP contribution in [0, 0.1) is 0 Å². The molecular weight excluding hydrogens is 426 g/mol. The van der Waals surface area contributed by atoms with E-state index >= 15 is 0 Å². The summed E-state index contributed by atoms with van der Waals surface area (Å²) < 4.78 is 5.47. The van der Waals surface area contributed by atoms with Crippen molar-refractivity contribution in [2.45, 2.75) is 0 Å². The number of aromatic hydroxyl groups is 1. The molecule has 0 saturated heterocycles. The zero-order valence-electron chi connectivity index (χ0n) is 15.3. The molecule has 0 unspecified atom stereocenters. The van der Waals surface area contributed by atoms with Crippen LogP contribution in [-0.2, 0) is 0 Å². The van der Waals surface area contributed by atoms with Gasteiger partial charge in [0.15, 0.2) is 5.82 Å². The lowest BCUT2D eigenvalue weighted by atomic mass is 10.3. The van der Waals surface area contributed by atoms with Gasteiger partial charge >= 0.3 is 6.03 Å². The second kappa shape index (κ2) is 10.7. The zero-order chi connectivity index (χ0) is 20.4. The van der Waals surface area contributed by atoms with Gasteiger partial charge in [0.2, 0.25) is 5.95 Å². The Morgan fingerprint density at radius 2 is 1.89 bits per heavy atom. The molecule has 1 heterocycles. The Morgan fingerprint density at radius 1 is 1.14 bits per heavy atom. The number of amides is 2. The van der Waals surface area contributed by atoms with Crippen molar-refractivity contribution < 1.29 is 14.6 Å². The Kier molecular flexibility index (Phi) is 8.04. The number of rotatable bonds is 4. The molecule has 0 spiro atoms. The Balaban J connectivity index is 0.000000292. The topological polar surface area (TPSA) is 108 Å². The van der Waals surface area contributed by atoms with Gasteiger partial charge in [-0.1, -0.05) is 24.3 Å². The maximum atomic E-state index is 11.3. The number of halogens is 1. The predicted octanol–water partition coefficient (Wildman–Crippen LogP) is 4.13. The number of carbonyl (C=O) groups is 1. The fourth-order valence-electron chi connectivity index (χ4n) is 1.95. The Labute approximate surface area is 171 Å². The first-order valence-electron chi connectivity index (χ1n) is 8.18. The first kappa shape index (κ1) is 21.0. The summed E-state index contributed by atoms with van der Waals surface area (Å²) in [6, 6.07) is 15.9. The first-order valence-corrected chi connectivity index (χ1v) is 8.97. The Hall–Kier alpha value is -3.33. The van der Waals surface area contributed by atoms with Crippen molar-refractivity contribution in [2.24, 2.45) is 0 Å².